The molecule has 6 heteroatoms. The molecule has 0 bridgehead atoms. The minimum absolute atomic E-state index is 1.19. The highest BCUT2D eigenvalue weighted by Crippen LogP contribution is 2.11. The molecule has 5 nitrogen and oxygen atoms in total. The van der Waals surface area contributed by atoms with Gasteiger partial charge in [-0.3, -0.25) is 9.59 Å². The van der Waals surface area contributed by atoms with Crippen LogP contribution in [-0.4, -0.2) is 41.5 Å². The lowest BCUT2D eigenvalue weighted by Gasteiger charge is -2.09. The van der Waals surface area contributed by atoms with Crippen molar-refractivity contribution in [1.29, 1.82) is 0 Å². The lowest BCUT2D eigenvalue weighted by Crippen LogP contribution is -2.34. The van der Waals surface area contributed by atoms with E-state index in [-0.39, 0.29) is 0 Å². The van der Waals surface area contributed by atoms with Crippen molar-refractivity contribution in [3.05, 3.63) is 0 Å². The zero-order valence-electron chi connectivity index (χ0n) is 5.82. The number of aliphatic hydroxyl groups excluding tert-OH is 1. The van der Waals surface area contributed by atoms with Gasteiger partial charge in [0.05, 0.1) is 0 Å². The summed E-state index contributed by atoms with van der Waals surface area (Å²) in [6.45, 7) is -1.24. The number of ketones is 2. The van der Waals surface area contributed by atoms with Crippen molar-refractivity contribution in [2.24, 2.45) is 0 Å². The summed E-state index contributed by atoms with van der Waals surface area (Å²) in [5.41, 5.74) is 0. The van der Waals surface area contributed by atoms with Crippen molar-refractivity contribution in [2.75, 3.05) is 6.67 Å². The van der Waals surface area contributed by atoms with E-state index in [2.05, 4.69) is 4.74 Å². The Morgan fingerprint density at radius 2 is 2.08 bits per heavy atom. The largest absolute Gasteiger partial charge is 0.445 e. The molecule has 0 saturated carbocycles. The first-order chi connectivity index (χ1) is 5.57. The highest BCUT2D eigenvalue weighted by Gasteiger charge is 2.45. The molecule has 1 rings (SSSR count). The minimum atomic E-state index is -1.74. The van der Waals surface area contributed by atoms with Gasteiger partial charge in [0.2, 0.25) is 0 Å². The molecule has 0 radical (unpaired) electrons. The number of carbonyl (C=O) groups is 3. The number of hydrogen-bond acceptors (Lipinski definition) is 5. The second-order valence-electron chi connectivity index (χ2n) is 2.24. The molecule has 1 saturated heterocycles. The summed E-state index contributed by atoms with van der Waals surface area (Å²) in [7, 11) is 0. The highest BCUT2D eigenvalue weighted by molar-refractivity contribution is 6.65. The molecule has 0 aromatic heterocycles. The van der Waals surface area contributed by atoms with Gasteiger partial charge in [0.15, 0.2) is 6.10 Å². The van der Waals surface area contributed by atoms with E-state index in [0.717, 1.165) is 0 Å². The van der Waals surface area contributed by atoms with Crippen LogP contribution in [0.2, 0.25) is 0 Å². The van der Waals surface area contributed by atoms with Crippen LogP contribution in [0.3, 0.4) is 0 Å². The van der Waals surface area contributed by atoms with Gasteiger partial charge >= 0.3 is 11.8 Å². The van der Waals surface area contributed by atoms with E-state index in [1.807, 2.05) is 0 Å². The van der Waals surface area contributed by atoms with Crippen LogP contribution in [0.1, 0.15) is 0 Å². The van der Waals surface area contributed by atoms with Crippen molar-refractivity contribution >= 4 is 17.5 Å². The molecule has 0 aromatic rings. The topological polar surface area (TPSA) is 80.7 Å². The van der Waals surface area contributed by atoms with Gasteiger partial charge in [-0.1, -0.05) is 0 Å². The molecule has 0 aliphatic carbocycles. The summed E-state index contributed by atoms with van der Waals surface area (Å²) in [5, 5.41) is 8.74. The van der Waals surface area contributed by atoms with E-state index < -0.39 is 36.4 Å². The molecule has 66 valence electrons. The van der Waals surface area contributed by atoms with Gasteiger partial charge in [-0.15, -0.1) is 0 Å². The molecule has 1 fully saturated rings. The molecule has 1 aliphatic rings. The minimum Gasteiger partial charge on any atom is -0.445 e. The van der Waals surface area contributed by atoms with Crippen molar-refractivity contribution in [3.63, 3.8) is 0 Å². The lowest BCUT2D eigenvalue weighted by molar-refractivity contribution is -0.151. The van der Waals surface area contributed by atoms with Crippen LogP contribution in [0.5, 0.6) is 0 Å². The number of esters is 1. The van der Waals surface area contributed by atoms with Gasteiger partial charge in [0, 0.05) is 0 Å². The highest BCUT2D eigenvalue weighted by atomic mass is 19.1. The first kappa shape index (κ1) is 8.79. The number of carbonyl (C=O) groups excluding carboxylic acids is 3. The number of Topliss-reactive ketones (excluding diaryl/α,β-unsaturated/α-hetero) is 2. The van der Waals surface area contributed by atoms with Crippen molar-refractivity contribution in [1.82, 2.24) is 0 Å². The molecule has 2 unspecified atom stereocenters. The predicted octanol–water partition coefficient (Wildman–Crippen LogP) is -1.62. The van der Waals surface area contributed by atoms with Crippen LogP contribution in [-0.2, 0) is 19.1 Å². The third kappa shape index (κ3) is 1.20. The third-order valence-electron chi connectivity index (χ3n) is 1.41. The zero-order valence-corrected chi connectivity index (χ0v) is 5.82. The van der Waals surface area contributed by atoms with Crippen molar-refractivity contribution in [3.8, 4) is 0 Å². The number of aliphatic hydroxyl groups is 1. The first-order valence-corrected chi connectivity index (χ1v) is 3.11. The molecule has 0 spiro atoms. The van der Waals surface area contributed by atoms with Gasteiger partial charge in [-0.25, -0.2) is 9.18 Å². The molecule has 1 N–H and O–H groups in total. The Balaban J connectivity index is 2.78. The Labute approximate surface area is 66.1 Å². The molecule has 1 heterocycles. The fourth-order valence-corrected chi connectivity index (χ4v) is 0.786. The van der Waals surface area contributed by atoms with E-state index in [1.54, 1.807) is 0 Å². The maximum atomic E-state index is 11.8. The van der Waals surface area contributed by atoms with Crippen LogP contribution in [0.4, 0.5) is 4.39 Å². The Hall–Kier alpha value is -1.30. The fraction of sp³-hybridized carbons (Fsp3) is 0.500. The molecule has 0 amide bonds. The Morgan fingerprint density at radius 1 is 1.50 bits per heavy atom. The summed E-state index contributed by atoms with van der Waals surface area (Å²) < 4.78 is 15.9. The van der Waals surface area contributed by atoms with Gasteiger partial charge in [-0.05, 0) is 0 Å². The summed E-state index contributed by atoms with van der Waals surface area (Å²) in [6, 6.07) is 0. The Kier molecular flexibility index (Phi) is 2.18. The predicted molar refractivity (Wildman–Crippen MR) is 31.9 cm³/mol. The SMILES string of the molecule is O=C1OC(C(O)CF)C(=O)C1=O. The van der Waals surface area contributed by atoms with Gasteiger partial charge < -0.3 is 9.84 Å². The van der Waals surface area contributed by atoms with E-state index in [4.69, 9.17) is 5.11 Å². The molecular weight excluding hydrogens is 171 g/mol. The van der Waals surface area contributed by atoms with E-state index in [9.17, 15) is 18.8 Å². The van der Waals surface area contributed by atoms with E-state index in [1.165, 1.54) is 0 Å². The van der Waals surface area contributed by atoms with Crippen LogP contribution >= 0.6 is 0 Å². The number of hydrogen-bond donors (Lipinski definition) is 1. The maximum absolute atomic E-state index is 11.8. The summed E-state index contributed by atoms with van der Waals surface area (Å²) in [4.78, 5) is 31.6. The Bertz CT molecular complexity index is 248. The summed E-state index contributed by atoms with van der Waals surface area (Å²) in [5.74, 6) is -3.87. The van der Waals surface area contributed by atoms with Crippen LogP contribution in [0.25, 0.3) is 0 Å². The number of rotatable bonds is 2. The average Bonchev–Trinajstić information content (AvgIpc) is 2.32. The normalized spacial score (nSPS) is 25.8. The lowest BCUT2D eigenvalue weighted by atomic mass is 10.1. The Morgan fingerprint density at radius 3 is 2.42 bits per heavy atom. The van der Waals surface area contributed by atoms with Gasteiger partial charge in [0.1, 0.15) is 12.8 Å². The standard InChI is InChI=1S/C6H5FO5/c7-1-2(8)5-3(9)4(10)6(11)12-5/h2,5,8H,1H2. The average molecular weight is 176 g/mol. The summed E-state index contributed by atoms with van der Waals surface area (Å²) in [6.07, 6.45) is -3.40. The van der Waals surface area contributed by atoms with Crippen LogP contribution in [0, 0.1) is 0 Å². The fourth-order valence-electron chi connectivity index (χ4n) is 0.786. The zero-order chi connectivity index (χ0) is 9.30. The number of alkyl halides is 1. The van der Waals surface area contributed by atoms with Crippen molar-refractivity contribution < 1.29 is 28.6 Å². The van der Waals surface area contributed by atoms with Gasteiger partial charge in [0.25, 0.3) is 5.78 Å². The number of cyclic esters (lactones) is 1. The monoisotopic (exact) mass is 176 g/mol. The van der Waals surface area contributed by atoms with Gasteiger partial charge in [-0.2, -0.15) is 0 Å². The van der Waals surface area contributed by atoms with Crippen molar-refractivity contribution in [2.45, 2.75) is 12.2 Å². The number of halogens is 1. The molecule has 2 atom stereocenters. The number of ether oxygens (including phenoxy) is 1. The van der Waals surface area contributed by atoms with E-state index >= 15 is 0 Å². The smallest absolute Gasteiger partial charge is 0.383 e. The summed E-state index contributed by atoms with van der Waals surface area (Å²) >= 11 is 0. The maximum Gasteiger partial charge on any atom is 0.383 e. The molecular formula is C6H5FO5. The quantitative estimate of drug-likeness (QED) is 0.404. The second kappa shape index (κ2) is 2.98. The third-order valence-corrected chi connectivity index (χ3v) is 1.41. The second-order valence-corrected chi connectivity index (χ2v) is 2.24. The first-order valence-electron chi connectivity index (χ1n) is 3.11. The molecule has 12 heavy (non-hydrogen) atoms. The van der Waals surface area contributed by atoms with E-state index in [0.29, 0.717) is 0 Å². The molecule has 1 aliphatic heterocycles. The molecule has 0 aromatic carbocycles. The van der Waals surface area contributed by atoms with Crippen LogP contribution < -0.4 is 0 Å². The van der Waals surface area contributed by atoms with Crippen LogP contribution in [0.15, 0.2) is 0 Å².